The summed E-state index contributed by atoms with van der Waals surface area (Å²) in [6.45, 7) is 9.87. The monoisotopic (exact) mass is 490 g/mol. The standard InChI is InChI=1S/C27H34N6OS/c1-17(2)25(26-29-30-31-33(26)21-8-5-6-9-21)32(16-22-10-7-11-35-22)15-20-14-23-19(4)12-18(3)13-24(23)28-27(20)34/h7,10-14,17,21,25H,5-6,8-9,15-16H2,1-4H3,(H,28,34)/t25-/m1/s1. The summed E-state index contributed by atoms with van der Waals surface area (Å²) in [4.78, 5) is 20.0. The van der Waals surface area contributed by atoms with E-state index in [0.717, 1.165) is 47.2 Å². The summed E-state index contributed by atoms with van der Waals surface area (Å²) in [6.07, 6.45) is 4.69. The van der Waals surface area contributed by atoms with Gasteiger partial charge in [0, 0.05) is 34.4 Å². The van der Waals surface area contributed by atoms with Crippen LogP contribution in [0.1, 0.15) is 79.0 Å². The Morgan fingerprint density at radius 1 is 1.17 bits per heavy atom. The van der Waals surface area contributed by atoms with E-state index in [9.17, 15) is 4.79 Å². The average molecular weight is 491 g/mol. The second kappa shape index (κ2) is 10.0. The molecule has 0 saturated heterocycles. The number of hydrogen-bond donors (Lipinski definition) is 1. The van der Waals surface area contributed by atoms with E-state index in [1.165, 1.54) is 23.3 Å². The van der Waals surface area contributed by atoms with Crippen molar-refractivity contribution >= 4 is 22.2 Å². The highest BCUT2D eigenvalue weighted by molar-refractivity contribution is 7.09. The minimum Gasteiger partial charge on any atom is -0.322 e. The summed E-state index contributed by atoms with van der Waals surface area (Å²) in [7, 11) is 0. The van der Waals surface area contributed by atoms with Gasteiger partial charge in [-0.05, 0) is 77.7 Å². The Morgan fingerprint density at radius 3 is 2.69 bits per heavy atom. The van der Waals surface area contributed by atoms with Crippen molar-refractivity contribution in [2.45, 2.75) is 78.6 Å². The SMILES string of the molecule is Cc1cc(C)c2cc(CN(Cc3cccs3)[C@@H](c3nnnn3C3CCCC3)C(C)C)c(=O)[nH]c2c1. The molecule has 0 amide bonds. The number of nitrogens with one attached hydrogen (secondary N) is 1. The van der Waals surface area contributed by atoms with Gasteiger partial charge in [0.25, 0.3) is 5.56 Å². The van der Waals surface area contributed by atoms with Crippen LogP contribution in [0.5, 0.6) is 0 Å². The first-order chi connectivity index (χ1) is 16.9. The summed E-state index contributed by atoms with van der Waals surface area (Å²) in [5.74, 6) is 1.18. The van der Waals surface area contributed by atoms with Gasteiger partial charge in [0.1, 0.15) is 0 Å². The lowest BCUT2D eigenvalue weighted by atomic mass is 9.99. The number of H-pyrrole nitrogens is 1. The summed E-state index contributed by atoms with van der Waals surface area (Å²) < 4.78 is 2.07. The van der Waals surface area contributed by atoms with Gasteiger partial charge < -0.3 is 4.98 Å². The maximum absolute atomic E-state index is 13.2. The highest BCUT2D eigenvalue weighted by atomic mass is 32.1. The van der Waals surface area contributed by atoms with Crippen LogP contribution in [-0.4, -0.2) is 30.1 Å². The van der Waals surface area contributed by atoms with Gasteiger partial charge in [0.2, 0.25) is 0 Å². The van der Waals surface area contributed by atoms with Crippen molar-refractivity contribution in [1.29, 1.82) is 0 Å². The highest BCUT2D eigenvalue weighted by Crippen LogP contribution is 2.35. The number of nitrogens with zero attached hydrogens (tertiary/aromatic N) is 5. The first-order valence-electron chi connectivity index (χ1n) is 12.6. The van der Waals surface area contributed by atoms with Crippen LogP contribution in [-0.2, 0) is 13.1 Å². The maximum Gasteiger partial charge on any atom is 0.252 e. The second-order valence-corrected chi connectivity index (χ2v) is 11.3. The third-order valence-electron chi connectivity index (χ3n) is 7.18. The molecule has 1 saturated carbocycles. The van der Waals surface area contributed by atoms with Crippen molar-refractivity contribution in [2.75, 3.05) is 0 Å². The fourth-order valence-corrected chi connectivity index (χ4v) is 6.32. The summed E-state index contributed by atoms with van der Waals surface area (Å²) in [6, 6.07) is 10.9. The van der Waals surface area contributed by atoms with Crippen LogP contribution in [0.25, 0.3) is 10.9 Å². The molecule has 0 spiro atoms. The molecule has 0 unspecified atom stereocenters. The van der Waals surface area contributed by atoms with Gasteiger partial charge in [0.05, 0.1) is 12.1 Å². The number of thiophene rings is 1. The molecular formula is C27H34N6OS. The Bertz CT molecular complexity index is 1350. The topological polar surface area (TPSA) is 79.7 Å². The Morgan fingerprint density at radius 2 is 1.97 bits per heavy atom. The van der Waals surface area contributed by atoms with E-state index >= 15 is 0 Å². The number of aromatic amines is 1. The van der Waals surface area contributed by atoms with Crippen LogP contribution in [0.4, 0.5) is 0 Å². The molecule has 1 atom stereocenters. The second-order valence-electron chi connectivity index (χ2n) is 10.3. The quantitative estimate of drug-likeness (QED) is 0.342. The van der Waals surface area contributed by atoms with E-state index in [-0.39, 0.29) is 17.5 Å². The van der Waals surface area contributed by atoms with Gasteiger partial charge in [-0.25, -0.2) is 4.68 Å². The molecule has 184 valence electrons. The Balaban J connectivity index is 1.56. The molecule has 8 heteroatoms. The molecular weight excluding hydrogens is 456 g/mol. The van der Waals surface area contributed by atoms with Crippen molar-refractivity contribution in [2.24, 2.45) is 5.92 Å². The number of hydrogen-bond acceptors (Lipinski definition) is 6. The molecule has 5 rings (SSSR count). The zero-order chi connectivity index (χ0) is 24.5. The van der Waals surface area contributed by atoms with E-state index in [2.05, 4.69) is 87.4 Å². The smallest absolute Gasteiger partial charge is 0.252 e. The van der Waals surface area contributed by atoms with Crippen molar-refractivity contribution in [3.8, 4) is 0 Å². The molecule has 1 aliphatic carbocycles. The minimum atomic E-state index is -0.0310. The lowest BCUT2D eigenvalue weighted by Crippen LogP contribution is -2.35. The minimum absolute atomic E-state index is 0.0121. The first kappa shape index (κ1) is 23.9. The van der Waals surface area contributed by atoms with Gasteiger partial charge in [0.15, 0.2) is 5.82 Å². The number of aromatic nitrogens is 5. The molecule has 1 fully saturated rings. The third-order valence-corrected chi connectivity index (χ3v) is 8.04. The van der Waals surface area contributed by atoms with Crippen molar-refractivity contribution in [1.82, 2.24) is 30.1 Å². The normalized spacial score (nSPS) is 15.6. The maximum atomic E-state index is 13.2. The van der Waals surface area contributed by atoms with Gasteiger partial charge in [-0.2, -0.15) is 0 Å². The van der Waals surface area contributed by atoms with Gasteiger partial charge in [-0.1, -0.05) is 38.8 Å². The largest absolute Gasteiger partial charge is 0.322 e. The van der Waals surface area contributed by atoms with Crippen LogP contribution in [0.2, 0.25) is 0 Å². The lowest BCUT2D eigenvalue weighted by molar-refractivity contribution is 0.124. The number of pyridine rings is 1. The van der Waals surface area contributed by atoms with E-state index in [1.54, 1.807) is 11.3 Å². The van der Waals surface area contributed by atoms with Crippen LogP contribution >= 0.6 is 11.3 Å². The van der Waals surface area contributed by atoms with Crippen LogP contribution < -0.4 is 5.56 Å². The summed E-state index contributed by atoms with van der Waals surface area (Å²) in [5.41, 5.74) is 3.96. The number of benzene rings is 1. The highest BCUT2D eigenvalue weighted by Gasteiger charge is 2.32. The number of rotatable bonds is 8. The number of fused-ring (bicyclic) bond motifs is 1. The number of tetrazole rings is 1. The van der Waals surface area contributed by atoms with Gasteiger partial charge in [-0.15, -0.1) is 16.4 Å². The van der Waals surface area contributed by atoms with E-state index < -0.39 is 0 Å². The molecule has 35 heavy (non-hydrogen) atoms. The average Bonchev–Trinajstić information content (AvgIpc) is 3.57. The Hall–Kier alpha value is -2.84. The zero-order valence-electron chi connectivity index (χ0n) is 21.0. The molecule has 3 aromatic heterocycles. The third kappa shape index (κ3) is 4.95. The number of aryl methyl sites for hydroxylation is 2. The molecule has 0 aliphatic heterocycles. The Kier molecular flexibility index (Phi) is 6.84. The predicted molar refractivity (Wildman–Crippen MR) is 141 cm³/mol. The van der Waals surface area contributed by atoms with Crippen molar-refractivity contribution < 1.29 is 0 Å². The van der Waals surface area contributed by atoms with Crippen LogP contribution in [0.3, 0.4) is 0 Å². The predicted octanol–water partition coefficient (Wildman–Crippen LogP) is 5.71. The van der Waals surface area contributed by atoms with Crippen LogP contribution in [0, 0.1) is 19.8 Å². The van der Waals surface area contributed by atoms with Crippen LogP contribution in [0.15, 0.2) is 40.5 Å². The molecule has 0 bridgehead atoms. The Labute approximate surface area is 210 Å². The molecule has 1 N–H and O–H groups in total. The van der Waals surface area contributed by atoms with E-state index in [4.69, 9.17) is 0 Å². The molecule has 1 aromatic carbocycles. The van der Waals surface area contributed by atoms with E-state index in [1.807, 2.05) is 6.07 Å². The fraction of sp³-hybridized carbons (Fsp3) is 0.481. The summed E-state index contributed by atoms with van der Waals surface area (Å²) in [5, 5.41) is 16.3. The summed E-state index contributed by atoms with van der Waals surface area (Å²) >= 11 is 1.74. The van der Waals surface area contributed by atoms with E-state index in [0.29, 0.717) is 12.6 Å². The molecule has 3 heterocycles. The molecule has 7 nitrogen and oxygen atoms in total. The molecule has 4 aromatic rings. The first-order valence-corrected chi connectivity index (χ1v) is 13.5. The zero-order valence-corrected chi connectivity index (χ0v) is 21.8. The van der Waals surface area contributed by atoms with Gasteiger partial charge in [-0.3, -0.25) is 9.69 Å². The van der Waals surface area contributed by atoms with Gasteiger partial charge >= 0.3 is 0 Å². The van der Waals surface area contributed by atoms with Crippen molar-refractivity contribution in [3.63, 3.8) is 0 Å². The molecule has 0 radical (unpaired) electrons. The van der Waals surface area contributed by atoms with Crippen molar-refractivity contribution in [3.05, 3.63) is 73.5 Å². The fourth-order valence-electron chi connectivity index (χ4n) is 5.59. The lowest BCUT2D eigenvalue weighted by Gasteiger charge is -2.33. The molecule has 1 aliphatic rings.